The molecule has 0 spiro atoms. The number of aryl methyl sites for hydroxylation is 1. The van der Waals surface area contributed by atoms with Gasteiger partial charge < -0.3 is 15.7 Å². The molecule has 0 saturated heterocycles. The van der Waals surface area contributed by atoms with Crippen LogP contribution in [0.25, 0.3) is 0 Å². The van der Waals surface area contributed by atoms with Crippen LogP contribution in [-0.4, -0.2) is 17.6 Å². The van der Waals surface area contributed by atoms with Gasteiger partial charge in [-0.25, -0.2) is 0 Å². The standard InChI is InChI=1S/C13H20N2O2/c1-10-6-5-7-12(11(10)2)17-9-4-3-8-13(14)15-16/h5-7,16H,3-4,8-9H2,1-2H3,(H2,14,15). The number of amidine groups is 1. The first-order valence-electron chi connectivity index (χ1n) is 5.80. The smallest absolute Gasteiger partial charge is 0.139 e. The van der Waals surface area contributed by atoms with Crippen LogP contribution < -0.4 is 10.5 Å². The van der Waals surface area contributed by atoms with Crippen LogP contribution in [0, 0.1) is 13.8 Å². The van der Waals surface area contributed by atoms with Gasteiger partial charge in [0.05, 0.1) is 6.61 Å². The number of nitrogens with two attached hydrogens (primary N) is 1. The molecule has 3 N–H and O–H groups in total. The molecule has 0 saturated carbocycles. The Morgan fingerprint density at radius 3 is 2.82 bits per heavy atom. The third-order valence-electron chi connectivity index (χ3n) is 2.77. The van der Waals surface area contributed by atoms with E-state index in [1.807, 2.05) is 12.1 Å². The quantitative estimate of drug-likeness (QED) is 0.262. The van der Waals surface area contributed by atoms with E-state index >= 15 is 0 Å². The fourth-order valence-corrected chi connectivity index (χ4v) is 1.52. The minimum Gasteiger partial charge on any atom is -0.493 e. The summed E-state index contributed by atoms with van der Waals surface area (Å²) < 4.78 is 5.69. The number of hydrogen-bond donors (Lipinski definition) is 2. The SMILES string of the molecule is Cc1cccc(OCCCCC(N)=NO)c1C. The molecule has 0 atom stereocenters. The van der Waals surface area contributed by atoms with Gasteiger partial charge in [-0.05, 0) is 43.9 Å². The summed E-state index contributed by atoms with van der Waals surface area (Å²) in [6.07, 6.45) is 2.36. The van der Waals surface area contributed by atoms with Gasteiger partial charge in [-0.15, -0.1) is 0 Å². The molecule has 0 aliphatic rings. The van der Waals surface area contributed by atoms with Gasteiger partial charge in [-0.1, -0.05) is 17.3 Å². The van der Waals surface area contributed by atoms with Crippen LogP contribution in [0.15, 0.2) is 23.4 Å². The lowest BCUT2D eigenvalue weighted by molar-refractivity contribution is 0.303. The van der Waals surface area contributed by atoms with E-state index in [4.69, 9.17) is 15.7 Å². The topological polar surface area (TPSA) is 67.8 Å². The van der Waals surface area contributed by atoms with E-state index in [1.165, 1.54) is 11.1 Å². The van der Waals surface area contributed by atoms with E-state index in [-0.39, 0.29) is 5.84 Å². The maximum atomic E-state index is 8.37. The van der Waals surface area contributed by atoms with Crippen molar-refractivity contribution >= 4 is 5.84 Å². The molecule has 1 aromatic rings. The zero-order valence-corrected chi connectivity index (χ0v) is 10.4. The molecule has 4 nitrogen and oxygen atoms in total. The maximum Gasteiger partial charge on any atom is 0.139 e. The summed E-state index contributed by atoms with van der Waals surface area (Å²) in [7, 11) is 0. The summed E-state index contributed by atoms with van der Waals surface area (Å²) in [6.45, 7) is 4.78. The van der Waals surface area contributed by atoms with Crippen molar-refractivity contribution in [3.05, 3.63) is 29.3 Å². The molecule has 0 aliphatic carbocycles. The second-order valence-corrected chi connectivity index (χ2v) is 4.09. The summed E-state index contributed by atoms with van der Waals surface area (Å²) in [5.41, 5.74) is 7.79. The van der Waals surface area contributed by atoms with Crippen LogP contribution in [-0.2, 0) is 0 Å². The van der Waals surface area contributed by atoms with Gasteiger partial charge >= 0.3 is 0 Å². The van der Waals surface area contributed by atoms with Crippen molar-refractivity contribution in [1.29, 1.82) is 0 Å². The Labute approximate surface area is 102 Å². The van der Waals surface area contributed by atoms with Crippen LogP contribution >= 0.6 is 0 Å². The third kappa shape index (κ3) is 4.34. The average molecular weight is 236 g/mol. The van der Waals surface area contributed by atoms with Gasteiger partial charge in [-0.2, -0.15) is 0 Å². The van der Waals surface area contributed by atoms with Crippen molar-refractivity contribution in [2.75, 3.05) is 6.61 Å². The van der Waals surface area contributed by atoms with E-state index in [0.717, 1.165) is 18.6 Å². The molecule has 0 radical (unpaired) electrons. The predicted octanol–water partition coefficient (Wildman–Crippen LogP) is 2.60. The van der Waals surface area contributed by atoms with Gasteiger partial charge in [-0.3, -0.25) is 0 Å². The molecule has 0 aliphatic heterocycles. The first-order chi connectivity index (χ1) is 8.15. The van der Waals surface area contributed by atoms with E-state index in [9.17, 15) is 0 Å². The van der Waals surface area contributed by atoms with Gasteiger partial charge in [0, 0.05) is 6.42 Å². The Bertz CT molecular complexity index is 389. The summed E-state index contributed by atoms with van der Waals surface area (Å²) in [6, 6.07) is 6.04. The molecule has 1 rings (SSSR count). The van der Waals surface area contributed by atoms with Crippen LogP contribution in [0.5, 0.6) is 5.75 Å². The molecule has 17 heavy (non-hydrogen) atoms. The number of unbranched alkanes of at least 4 members (excludes halogenated alkanes) is 1. The third-order valence-corrected chi connectivity index (χ3v) is 2.77. The van der Waals surface area contributed by atoms with Gasteiger partial charge in [0.25, 0.3) is 0 Å². The minimum atomic E-state index is 0.275. The largest absolute Gasteiger partial charge is 0.493 e. The summed E-state index contributed by atoms with van der Waals surface area (Å²) in [5, 5.41) is 11.3. The summed E-state index contributed by atoms with van der Waals surface area (Å²) in [4.78, 5) is 0. The lowest BCUT2D eigenvalue weighted by Gasteiger charge is -2.10. The van der Waals surface area contributed by atoms with Crippen molar-refractivity contribution in [3.8, 4) is 5.75 Å². The Morgan fingerprint density at radius 1 is 1.35 bits per heavy atom. The second-order valence-electron chi connectivity index (χ2n) is 4.09. The second kappa shape index (κ2) is 6.78. The molecule has 0 unspecified atom stereocenters. The number of benzene rings is 1. The van der Waals surface area contributed by atoms with E-state index in [0.29, 0.717) is 13.0 Å². The molecule has 94 valence electrons. The average Bonchev–Trinajstić information content (AvgIpc) is 2.33. The predicted molar refractivity (Wildman–Crippen MR) is 68.7 cm³/mol. The van der Waals surface area contributed by atoms with Gasteiger partial charge in [0.15, 0.2) is 0 Å². The number of nitrogens with zero attached hydrogens (tertiary/aromatic N) is 1. The van der Waals surface area contributed by atoms with E-state index in [1.54, 1.807) is 0 Å². The normalized spacial score (nSPS) is 11.5. The first kappa shape index (κ1) is 13.4. The van der Waals surface area contributed by atoms with Crippen molar-refractivity contribution in [3.63, 3.8) is 0 Å². The highest BCUT2D eigenvalue weighted by molar-refractivity contribution is 5.79. The van der Waals surface area contributed by atoms with Gasteiger partial charge in [0.1, 0.15) is 11.6 Å². The van der Waals surface area contributed by atoms with Crippen molar-refractivity contribution in [1.82, 2.24) is 0 Å². The number of rotatable bonds is 6. The Hall–Kier alpha value is -1.71. The highest BCUT2D eigenvalue weighted by Crippen LogP contribution is 2.20. The van der Waals surface area contributed by atoms with Crippen molar-refractivity contribution in [2.24, 2.45) is 10.9 Å². The number of hydrogen-bond acceptors (Lipinski definition) is 3. The van der Waals surface area contributed by atoms with Gasteiger partial charge in [0.2, 0.25) is 0 Å². The monoisotopic (exact) mass is 236 g/mol. The van der Waals surface area contributed by atoms with Crippen molar-refractivity contribution in [2.45, 2.75) is 33.1 Å². The van der Waals surface area contributed by atoms with Crippen LogP contribution in [0.4, 0.5) is 0 Å². The fourth-order valence-electron chi connectivity index (χ4n) is 1.52. The van der Waals surface area contributed by atoms with Crippen molar-refractivity contribution < 1.29 is 9.94 Å². The zero-order chi connectivity index (χ0) is 12.7. The molecule has 0 amide bonds. The number of oxime groups is 1. The lowest BCUT2D eigenvalue weighted by Crippen LogP contribution is -2.11. The maximum absolute atomic E-state index is 8.37. The molecule has 0 heterocycles. The molecular formula is C13H20N2O2. The van der Waals surface area contributed by atoms with Crippen LogP contribution in [0.3, 0.4) is 0 Å². The van der Waals surface area contributed by atoms with Crippen LogP contribution in [0.2, 0.25) is 0 Å². The fraction of sp³-hybridized carbons (Fsp3) is 0.462. The molecule has 0 fully saturated rings. The highest BCUT2D eigenvalue weighted by atomic mass is 16.5. The molecule has 0 aromatic heterocycles. The summed E-state index contributed by atoms with van der Waals surface area (Å²) >= 11 is 0. The first-order valence-corrected chi connectivity index (χ1v) is 5.80. The number of ether oxygens (including phenoxy) is 1. The molecule has 4 heteroatoms. The Balaban J connectivity index is 2.29. The Kier molecular flexibility index (Phi) is 5.33. The summed E-state index contributed by atoms with van der Waals surface area (Å²) in [5.74, 6) is 1.21. The lowest BCUT2D eigenvalue weighted by atomic mass is 10.1. The molecular weight excluding hydrogens is 216 g/mol. The highest BCUT2D eigenvalue weighted by Gasteiger charge is 2.01. The zero-order valence-electron chi connectivity index (χ0n) is 10.4. The molecule has 0 bridgehead atoms. The van der Waals surface area contributed by atoms with E-state index in [2.05, 4.69) is 25.1 Å². The minimum absolute atomic E-state index is 0.275. The van der Waals surface area contributed by atoms with E-state index < -0.39 is 0 Å². The van der Waals surface area contributed by atoms with Crippen LogP contribution in [0.1, 0.15) is 30.4 Å². The Morgan fingerprint density at radius 2 is 2.12 bits per heavy atom. The molecule has 1 aromatic carbocycles.